The van der Waals surface area contributed by atoms with Crippen LogP contribution in [-0.4, -0.2) is 0 Å². The van der Waals surface area contributed by atoms with Crippen molar-refractivity contribution >= 4 is 11.6 Å². The molecule has 0 amide bonds. The SMILES string of the molecule is Cc1cc(F)ccc1C(Cl)c1cc(F)ccc1F. The predicted octanol–water partition coefficient (Wildman–Crippen LogP) is 4.74. The van der Waals surface area contributed by atoms with E-state index >= 15 is 0 Å². The first kappa shape index (κ1) is 13.0. The van der Waals surface area contributed by atoms with Crippen molar-refractivity contribution in [2.45, 2.75) is 12.3 Å². The van der Waals surface area contributed by atoms with Gasteiger partial charge in [0.15, 0.2) is 0 Å². The number of rotatable bonds is 2. The molecule has 2 rings (SSSR count). The summed E-state index contributed by atoms with van der Waals surface area (Å²) < 4.78 is 39.7. The summed E-state index contributed by atoms with van der Waals surface area (Å²) in [7, 11) is 0. The molecule has 0 saturated heterocycles. The minimum Gasteiger partial charge on any atom is -0.207 e. The predicted molar refractivity (Wildman–Crippen MR) is 65.2 cm³/mol. The first-order valence-electron chi connectivity index (χ1n) is 5.34. The van der Waals surface area contributed by atoms with E-state index in [1.165, 1.54) is 18.2 Å². The Morgan fingerprint density at radius 2 is 1.50 bits per heavy atom. The van der Waals surface area contributed by atoms with Crippen molar-refractivity contribution < 1.29 is 13.2 Å². The lowest BCUT2D eigenvalue weighted by Gasteiger charge is -2.14. The van der Waals surface area contributed by atoms with Crippen LogP contribution in [0.3, 0.4) is 0 Å². The first-order valence-corrected chi connectivity index (χ1v) is 5.78. The van der Waals surface area contributed by atoms with E-state index in [0.717, 1.165) is 18.2 Å². The zero-order valence-corrected chi connectivity index (χ0v) is 10.3. The lowest BCUT2D eigenvalue weighted by atomic mass is 9.99. The standard InChI is InChI=1S/C14H10ClF3/c1-8-6-9(16)2-4-11(8)14(15)12-7-10(17)3-5-13(12)18/h2-7,14H,1H3. The van der Waals surface area contributed by atoms with Crippen molar-refractivity contribution in [2.24, 2.45) is 0 Å². The molecule has 18 heavy (non-hydrogen) atoms. The Bertz CT molecular complexity index is 581. The molecule has 2 aromatic rings. The molecule has 1 atom stereocenters. The molecule has 0 heterocycles. The Balaban J connectivity index is 2.47. The van der Waals surface area contributed by atoms with Gasteiger partial charge in [-0.1, -0.05) is 6.07 Å². The second-order valence-electron chi connectivity index (χ2n) is 4.03. The highest BCUT2D eigenvalue weighted by atomic mass is 35.5. The van der Waals surface area contributed by atoms with Crippen LogP contribution in [0.4, 0.5) is 13.2 Å². The molecule has 0 radical (unpaired) electrons. The average Bonchev–Trinajstić information content (AvgIpc) is 2.31. The fourth-order valence-electron chi connectivity index (χ4n) is 1.80. The molecule has 0 aliphatic heterocycles. The van der Waals surface area contributed by atoms with Gasteiger partial charge in [0.1, 0.15) is 17.5 Å². The van der Waals surface area contributed by atoms with E-state index in [0.29, 0.717) is 11.1 Å². The van der Waals surface area contributed by atoms with Gasteiger partial charge in [-0.2, -0.15) is 0 Å². The van der Waals surface area contributed by atoms with Gasteiger partial charge in [0, 0.05) is 5.56 Å². The molecular formula is C14H10ClF3. The lowest BCUT2D eigenvalue weighted by molar-refractivity contribution is 0.586. The van der Waals surface area contributed by atoms with Crippen molar-refractivity contribution in [3.8, 4) is 0 Å². The van der Waals surface area contributed by atoms with Crippen LogP contribution >= 0.6 is 11.6 Å². The van der Waals surface area contributed by atoms with Crippen molar-refractivity contribution in [3.05, 3.63) is 70.5 Å². The molecule has 0 bridgehead atoms. The molecule has 0 nitrogen and oxygen atoms in total. The van der Waals surface area contributed by atoms with Crippen molar-refractivity contribution in [3.63, 3.8) is 0 Å². The second kappa shape index (κ2) is 5.02. The molecule has 94 valence electrons. The zero-order valence-electron chi connectivity index (χ0n) is 9.55. The Morgan fingerprint density at radius 3 is 2.17 bits per heavy atom. The van der Waals surface area contributed by atoms with Crippen LogP contribution in [0, 0.1) is 24.4 Å². The van der Waals surface area contributed by atoms with Gasteiger partial charge in [-0.05, 0) is 48.4 Å². The highest BCUT2D eigenvalue weighted by molar-refractivity contribution is 6.22. The number of hydrogen-bond acceptors (Lipinski definition) is 0. The Hall–Kier alpha value is -1.48. The van der Waals surface area contributed by atoms with Crippen molar-refractivity contribution in [1.82, 2.24) is 0 Å². The smallest absolute Gasteiger partial charge is 0.128 e. The quantitative estimate of drug-likeness (QED) is 0.692. The summed E-state index contributed by atoms with van der Waals surface area (Å²) >= 11 is 6.14. The summed E-state index contributed by atoms with van der Waals surface area (Å²) in [5.41, 5.74) is 1.20. The third-order valence-electron chi connectivity index (χ3n) is 2.74. The molecule has 2 aromatic carbocycles. The van der Waals surface area contributed by atoms with E-state index < -0.39 is 17.0 Å². The summed E-state index contributed by atoms with van der Waals surface area (Å²) in [6, 6.07) is 7.14. The van der Waals surface area contributed by atoms with Crippen LogP contribution < -0.4 is 0 Å². The highest BCUT2D eigenvalue weighted by Crippen LogP contribution is 2.33. The summed E-state index contributed by atoms with van der Waals surface area (Å²) in [5, 5.41) is -0.846. The Labute approximate surface area is 108 Å². The topological polar surface area (TPSA) is 0 Å². The van der Waals surface area contributed by atoms with Crippen LogP contribution in [0.2, 0.25) is 0 Å². The van der Waals surface area contributed by atoms with Crippen LogP contribution in [0.15, 0.2) is 36.4 Å². The van der Waals surface area contributed by atoms with Gasteiger partial charge in [0.05, 0.1) is 5.38 Å². The van der Waals surface area contributed by atoms with Crippen LogP contribution in [0.1, 0.15) is 22.1 Å². The summed E-state index contributed by atoms with van der Waals surface area (Å²) in [4.78, 5) is 0. The van der Waals surface area contributed by atoms with E-state index in [1.807, 2.05) is 0 Å². The minimum atomic E-state index is -0.846. The van der Waals surface area contributed by atoms with E-state index in [2.05, 4.69) is 0 Å². The Morgan fingerprint density at radius 1 is 0.889 bits per heavy atom. The van der Waals surface area contributed by atoms with E-state index in [1.54, 1.807) is 6.92 Å². The number of alkyl halides is 1. The molecule has 0 fully saturated rings. The Kier molecular flexibility index (Phi) is 3.62. The van der Waals surface area contributed by atoms with Gasteiger partial charge in [-0.15, -0.1) is 11.6 Å². The fourth-order valence-corrected chi connectivity index (χ4v) is 2.21. The van der Waals surface area contributed by atoms with Gasteiger partial charge in [-0.3, -0.25) is 0 Å². The molecule has 0 saturated carbocycles. The average molecular weight is 271 g/mol. The molecule has 0 aromatic heterocycles. The highest BCUT2D eigenvalue weighted by Gasteiger charge is 2.18. The second-order valence-corrected chi connectivity index (χ2v) is 4.47. The largest absolute Gasteiger partial charge is 0.207 e. The maximum Gasteiger partial charge on any atom is 0.128 e. The van der Waals surface area contributed by atoms with Gasteiger partial charge >= 0.3 is 0 Å². The monoisotopic (exact) mass is 270 g/mol. The maximum atomic E-state index is 13.6. The van der Waals surface area contributed by atoms with Crippen molar-refractivity contribution in [2.75, 3.05) is 0 Å². The summed E-state index contributed by atoms with van der Waals surface area (Å²) in [6.45, 7) is 1.67. The van der Waals surface area contributed by atoms with Crippen LogP contribution in [-0.2, 0) is 0 Å². The van der Waals surface area contributed by atoms with E-state index in [-0.39, 0.29) is 11.4 Å². The van der Waals surface area contributed by atoms with Crippen LogP contribution in [0.5, 0.6) is 0 Å². The molecule has 1 unspecified atom stereocenters. The third kappa shape index (κ3) is 2.51. The van der Waals surface area contributed by atoms with Gasteiger partial charge in [0.25, 0.3) is 0 Å². The van der Waals surface area contributed by atoms with Crippen LogP contribution in [0.25, 0.3) is 0 Å². The van der Waals surface area contributed by atoms with Gasteiger partial charge in [-0.25, -0.2) is 13.2 Å². The molecule has 0 spiro atoms. The number of hydrogen-bond donors (Lipinski definition) is 0. The molecule has 0 aliphatic carbocycles. The third-order valence-corrected chi connectivity index (χ3v) is 3.21. The van der Waals surface area contributed by atoms with Gasteiger partial charge < -0.3 is 0 Å². The lowest BCUT2D eigenvalue weighted by Crippen LogP contribution is -2.00. The minimum absolute atomic E-state index is 0.0476. The molecule has 0 N–H and O–H groups in total. The van der Waals surface area contributed by atoms with Gasteiger partial charge in [0.2, 0.25) is 0 Å². The number of halogens is 4. The normalized spacial score (nSPS) is 12.5. The van der Waals surface area contributed by atoms with E-state index in [4.69, 9.17) is 11.6 Å². The first-order chi connectivity index (χ1) is 8.49. The molecular weight excluding hydrogens is 261 g/mol. The summed E-state index contributed by atoms with van der Waals surface area (Å²) in [6.07, 6.45) is 0. The summed E-state index contributed by atoms with van der Waals surface area (Å²) in [5.74, 6) is -1.53. The zero-order chi connectivity index (χ0) is 13.3. The number of aryl methyl sites for hydroxylation is 1. The molecule has 4 heteroatoms. The van der Waals surface area contributed by atoms with Crippen molar-refractivity contribution in [1.29, 1.82) is 0 Å². The molecule has 0 aliphatic rings. The van der Waals surface area contributed by atoms with E-state index in [9.17, 15) is 13.2 Å². The fraction of sp³-hybridized carbons (Fsp3) is 0.143. The number of benzene rings is 2. The maximum absolute atomic E-state index is 13.6.